The van der Waals surface area contributed by atoms with Crippen molar-refractivity contribution in [2.24, 2.45) is 0 Å². The highest BCUT2D eigenvalue weighted by Crippen LogP contribution is 2.25. The van der Waals surface area contributed by atoms with Gasteiger partial charge < -0.3 is 55.6 Å². The number of hydrogen-bond acceptors (Lipinski definition) is 7. The SMILES string of the molecule is N.N.N.N.N.O=C(O)O.O=P(O)(O)O. The third-order valence-electron chi connectivity index (χ3n) is 0. The number of carbonyl (C=O) groups is 1. The molecule has 0 rings (SSSR count). The van der Waals surface area contributed by atoms with E-state index in [2.05, 4.69) is 0 Å². The molecular formula is CH20N5O7P. The van der Waals surface area contributed by atoms with Crippen LogP contribution in [0.25, 0.3) is 0 Å². The summed E-state index contributed by atoms with van der Waals surface area (Å²) < 4.78 is 8.88. The van der Waals surface area contributed by atoms with E-state index in [9.17, 15) is 0 Å². The molecule has 0 radical (unpaired) electrons. The van der Waals surface area contributed by atoms with Crippen LogP contribution in [-0.2, 0) is 4.57 Å². The fourth-order valence-electron chi connectivity index (χ4n) is 0. The lowest BCUT2D eigenvalue weighted by Crippen LogP contribution is -1.81. The lowest BCUT2D eigenvalue weighted by molar-refractivity contribution is 0.137. The number of hydrogen-bond donors (Lipinski definition) is 10. The molecule has 0 saturated carbocycles. The topological polar surface area (TPSA) is 310 Å². The maximum Gasteiger partial charge on any atom is 0.503 e. The molecule has 14 heavy (non-hydrogen) atoms. The molecule has 0 atom stereocenters. The minimum absolute atomic E-state index is 0. The fraction of sp³-hybridized carbons (Fsp3) is 0. The Labute approximate surface area is 80.1 Å². The van der Waals surface area contributed by atoms with Crippen LogP contribution in [0.3, 0.4) is 0 Å². The Bertz CT molecular complexity index is 122. The first kappa shape index (κ1) is 51.2. The first-order valence-electron chi connectivity index (χ1n) is 1.43. The number of rotatable bonds is 0. The summed E-state index contributed by atoms with van der Waals surface area (Å²) in [5, 5.41) is 13.9. The molecule has 12 nitrogen and oxygen atoms in total. The van der Waals surface area contributed by atoms with Crippen LogP contribution < -0.4 is 30.8 Å². The van der Waals surface area contributed by atoms with Crippen molar-refractivity contribution < 1.29 is 34.3 Å². The van der Waals surface area contributed by atoms with Gasteiger partial charge >= 0.3 is 14.0 Å². The van der Waals surface area contributed by atoms with Crippen LogP contribution in [-0.4, -0.2) is 31.0 Å². The van der Waals surface area contributed by atoms with Crippen LogP contribution in [0.1, 0.15) is 0 Å². The van der Waals surface area contributed by atoms with Gasteiger partial charge in [0.2, 0.25) is 0 Å². The first-order valence-corrected chi connectivity index (χ1v) is 3.00. The molecular weight excluding hydrogens is 225 g/mol. The van der Waals surface area contributed by atoms with Crippen molar-refractivity contribution in [2.75, 3.05) is 0 Å². The van der Waals surface area contributed by atoms with Gasteiger partial charge in [0.15, 0.2) is 0 Å². The molecule has 0 aliphatic carbocycles. The van der Waals surface area contributed by atoms with E-state index < -0.39 is 14.0 Å². The van der Waals surface area contributed by atoms with E-state index in [-0.39, 0.29) is 30.8 Å². The second-order valence-electron chi connectivity index (χ2n) is 0.796. The van der Waals surface area contributed by atoms with Gasteiger partial charge in [-0.2, -0.15) is 0 Å². The molecule has 0 aromatic carbocycles. The normalized spacial score (nSPS) is 5.93. The average molecular weight is 245 g/mol. The van der Waals surface area contributed by atoms with Gasteiger partial charge in [-0.1, -0.05) is 0 Å². The molecule has 0 aromatic heterocycles. The Kier molecular flexibility index (Phi) is 83.2. The Balaban J connectivity index is -0.0000000104. The summed E-state index contributed by atoms with van der Waals surface area (Å²) in [6, 6.07) is 0. The summed E-state index contributed by atoms with van der Waals surface area (Å²) in [7, 11) is -4.64. The molecule has 96 valence electrons. The van der Waals surface area contributed by atoms with Crippen LogP contribution in [0.2, 0.25) is 0 Å². The van der Waals surface area contributed by atoms with E-state index in [1.807, 2.05) is 0 Å². The van der Waals surface area contributed by atoms with Crippen molar-refractivity contribution in [1.29, 1.82) is 0 Å². The van der Waals surface area contributed by atoms with E-state index in [1.54, 1.807) is 0 Å². The standard InChI is InChI=1S/CH2O3.5H3N.H3O4P/c2-1(3)4;;;;;;1-5(2,3)4/h(H2,2,3,4);5*1H3;(H3,1,2,3,4). The molecule has 0 aromatic rings. The van der Waals surface area contributed by atoms with Crippen molar-refractivity contribution in [3.8, 4) is 0 Å². The molecule has 0 aliphatic rings. The summed E-state index contributed by atoms with van der Waals surface area (Å²) in [6.45, 7) is 0. The number of phosphoric acid groups is 1. The Morgan fingerprint density at radius 2 is 0.786 bits per heavy atom. The van der Waals surface area contributed by atoms with E-state index in [1.165, 1.54) is 0 Å². The van der Waals surface area contributed by atoms with E-state index in [0.717, 1.165) is 0 Å². The predicted octanol–water partition coefficient (Wildman–Crippen LogP) is 0.104. The molecule has 20 N–H and O–H groups in total. The Morgan fingerprint density at radius 1 is 0.786 bits per heavy atom. The van der Waals surface area contributed by atoms with Gasteiger partial charge in [0.25, 0.3) is 0 Å². The zero-order chi connectivity index (χ0) is 8.08. The second kappa shape index (κ2) is 22.8. The Hall–Kier alpha value is -0.820. The van der Waals surface area contributed by atoms with E-state index in [0.29, 0.717) is 0 Å². The fourth-order valence-corrected chi connectivity index (χ4v) is 0. The summed E-state index contributed by atoms with van der Waals surface area (Å²) in [5.41, 5.74) is 0. The summed E-state index contributed by atoms with van der Waals surface area (Å²) in [5.74, 6) is 0. The van der Waals surface area contributed by atoms with Crippen LogP contribution in [0.5, 0.6) is 0 Å². The van der Waals surface area contributed by atoms with Gasteiger partial charge in [-0.15, -0.1) is 0 Å². The third kappa shape index (κ3) is 1720. The van der Waals surface area contributed by atoms with Gasteiger partial charge in [0, 0.05) is 0 Å². The molecule has 0 heterocycles. The van der Waals surface area contributed by atoms with Crippen LogP contribution >= 0.6 is 7.82 Å². The molecule has 0 amide bonds. The minimum Gasteiger partial charge on any atom is -0.450 e. The number of carboxylic acid groups (broad SMARTS) is 2. The zero-order valence-electron chi connectivity index (χ0n) is 7.54. The summed E-state index contributed by atoms with van der Waals surface area (Å²) in [6.07, 6.45) is -1.83. The van der Waals surface area contributed by atoms with Gasteiger partial charge in [-0.05, 0) is 0 Å². The average Bonchev–Trinajstić information content (AvgIpc) is 1.19. The monoisotopic (exact) mass is 245 g/mol. The van der Waals surface area contributed by atoms with Crippen LogP contribution in [0.15, 0.2) is 0 Å². The van der Waals surface area contributed by atoms with Crippen molar-refractivity contribution >= 4 is 14.0 Å². The maximum absolute atomic E-state index is 8.88. The largest absolute Gasteiger partial charge is 0.503 e. The van der Waals surface area contributed by atoms with Crippen LogP contribution in [0, 0.1) is 0 Å². The highest BCUT2D eigenvalue weighted by molar-refractivity contribution is 7.45. The van der Waals surface area contributed by atoms with E-state index >= 15 is 0 Å². The van der Waals surface area contributed by atoms with Gasteiger partial charge in [-0.25, -0.2) is 9.36 Å². The maximum atomic E-state index is 8.88. The lowest BCUT2D eigenvalue weighted by Gasteiger charge is -1.82. The molecule has 0 aliphatic heterocycles. The molecule has 0 unspecified atom stereocenters. The predicted molar refractivity (Wildman–Crippen MR) is 50.0 cm³/mol. The van der Waals surface area contributed by atoms with Crippen LogP contribution in [0.4, 0.5) is 4.79 Å². The highest BCUT2D eigenvalue weighted by atomic mass is 31.2. The third-order valence-corrected chi connectivity index (χ3v) is 0. The lowest BCUT2D eigenvalue weighted by atomic mass is 11.5. The molecule has 0 spiro atoms. The highest BCUT2D eigenvalue weighted by Gasteiger charge is 2.00. The summed E-state index contributed by atoms with van der Waals surface area (Å²) >= 11 is 0. The van der Waals surface area contributed by atoms with Crippen molar-refractivity contribution in [1.82, 2.24) is 30.8 Å². The molecule has 13 heteroatoms. The molecule has 0 saturated heterocycles. The zero-order valence-corrected chi connectivity index (χ0v) is 8.43. The van der Waals surface area contributed by atoms with E-state index in [4.69, 9.17) is 34.3 Å². The summed E-state index contributed by atoms with van der Waals surface area (Å²) in [4.78, 5) is 30.1. The molecule has 0 fully saturated rings. The van der Waals surface area contributed by atoms with Gasteiger partial charge in [0.1, 0.15) is 0 Å². The van der Waals surface area contributed by atoms with Crippen molar-refractivity contribution in [3.63, 3.8) is 0 Å². The smallest absolute Gasteiger partial charge is 0.450 e. The minimum atomic E-state index is -4.64. The van der Waals surface area contributed by atoms with Gasteiger partial charge in [-0.3, -0.25) is 0 Å². The van der Waals surface area contributed by atoms with Crippen molar-refractivity contribution in [2.45, 2.75) is 0 Å². The first-order chi connectivity index (χ1) is 3.73. The van der Waals surface area contributed by atoms with Gasteiger partial charge in [0.05, 0.1) is 0 Å². The molecule has 0 bridgehead atoms. The Morgan fingerprint density at radius 3 is 0.786 bits per heavy atom. The second-order valence-corrected chi connectivity index (χ2v) is 1.82. The van der Waals surface area contributed by atoms with Crippen molar-refractivity contribution in [3.05, 3.63) is 0 Å². The quantitative estimate of drug-likeness (QED) is 0.254.